The molecule has 0 saturated carbocycles. The maximum Gasteiger partial charge on any atom is 0.254 e. The van der Waals surface area contributed by atoms with Gasteiger partial charge in [0, 0.05) is 30.4 Å². The Kier molecular flexibility index (Phi) is 5.35. The van der Waals surface area contributed by atoms with E-state index in [2.05, 4.69) is 0 Å². The van der Waals surface area contributed by atoms with E-state index in [4.69, 9.17) is 9.47 Å². The normalized spacial score (nSPS) is 17.0. The van der Waals surface area contributed by atoms with Gasteiger partial charge in [0.2, 0.25) is 5.91 Å². The Morgan fingerprint density at radius 1 is 1.00 bits per heavy atom. The number of piperazine rings is 1. The third kappa shape index (κ3) is 3.60. The molecule has 3 rings (SSSR count). The summed E-state index contributed by atoms with van der Waals surface area (Å²) in [5.74, 6) is 0.931. The second-order valence-electron chi connectivity index (χ2n) is 6.57. The Balaban J connectivity index is 1.80. The van der Waals surface area contributed by atoms with E-state index < -0.39 is 6.04 Å². The number of rotatable bonds is 4. The van der Waals surface area contributed by atoms with Gasteiger partial charge in [0.1, 0.15) is 6.04 Å². The number of methoxy groups -OCH3 is 2. The monoisotopic (exact) mass is 368 g/mol. The van der Waals surface area contributed by atoms with Gasteiger partial charge in [-0.3, -0.25) is 9.59 Å². The maximum atomic E-state index is 12.9. The molecule has 2 aromatic carbocycles. The number of carbonyl (C=O) groups is 2. The minimum absolute atomic E-state index is 0.117. The van der Waals surface area contributed by atoms with E-state index in [1.807, 2.05) is 25.1 Å². The SMILES string of the molecule is COc1ccc(N2CCN(C(=O)c3ccc(C)cc3)C(C)C2=O)cc1OC. The van der Waals surface area contributed by atoms with Gasteiger partial charge in [0.15, 0.2) is 11.5 Å². The van der Waals surface area contributed by atoms with Crippen LogP contribution in [0, 0.1) is 6.92 Å². The molecule has 1 saturated heterocycles. The molecule has 0 bridgehead atoms. The van der Waals surface area contributed by atoms with Gasteiger partial charge in [-0.05, 0) is 38.1 Å². The lowest BCUT2D eigenvalue weighted by molar-refractivity contribution is -0.124. The Bertz CT molecular complexity index is 848. The maximum absolute atomic E-state index is 12.9. The van der Waals surface area contributed by atoms with Gasteiger partial charge in [0.25, 0.3) is 5.91 Å². The molecule has 2 amide bonds. The first kappa shape index (κ1) is 18.8. The summed E-state index contributed by atoms with van der Waals surface area (Å²) in [4.78, 5) is 29.1. The van der Waals surface area contributed by atoms with E-state index in [1.165, 1.54) is 0 Å². The lowest BCUT2D eigenvalue weighted by Crippen LogP contribution is -2.57. The highest BCUT2D eigenvalue weighted by molar-refractivity contribution is 6.03. The molecule has 1 fully saturated rings. The van der Waals surface area contributed by atoms with Crippen molar-refractivity contribution in [3.8, 4) is 11.5 Å². The number of aryl methyl sites for hydroxylation is 1. The standard InChI is InChI=1S/C21H24N2O4/c1-14-5-7-16(8-6-14)21(25)22-11-12-23(20(24)15(22)2)17-9-10-18(26-3)19(13-17)27-4/h5-10,13,15H,11-12H2,1-4H3. The average molecular weight is 368 g/mol. The van der Waals surface area contributed by atoms with E-state index in [-0.39, 0.29) is 11.8 Å². The highest BCUT2D eigenvalue weighted by Gasteiger charge is 2.35. The van der Waals surface area contributed by atoms with Crippen molar-refractivity contribution in [3.63, 3.8) is 0 Å². The summed E-state index contributed by atoms with van der Waals surface area (Å²) in [6.45, 7) is 4.63. The van der Waals surface area contributed by atoms with E-state index in [1.54, 1.807) is 55.2 Å². The molecule has 1 heterocycles. The molecule has 0 aromatic heterocycles. The predicted octanol–water partition coefficient (Wildman–Crippen LogP) is 2.89. The van der Waals surface area contributed by atoms with Crippen molar-refractivity contribution >= 4 is 17.5 Å². The highest BCUT2D eigenvalue weighted by atomic mass is 16.5. The van der Waals surface area contributed by atoms with Crippen LogP contribution >= 0.6 is 0 Å². The summed E-state index contributed by atoms with van der Waals surface area (Å²) in [7, 11) is 3.13. The third-order valence-corrected chi connectivity index (χ3v) is 4.89. The number of nitrogens with zero attached hydrogens (tertiary/aromatic N) is 2. The molecule has 142 valence electrons. The summed E-state index contributed by atoms with van der Waals surface area (Å²) in [5, 5.41) is 0. The minimum atomic E-state index is -0.541. The Hall–Kier alpha value is -3.02. The van der Waals surface area contributed by atoms with Gasteiger partial charge in [-0.1, -0.05) is 17.7 Å². The van der Waals surface area contributed by atoms with E-state index in [9.17, 15) is 9.59 Å². The van der Waals surface area contributed by atoms with Crippen molar-refractivity contribution in [1.29, 1.82) is 0 Å². The minimum Gasteiger partial charge on any atom is -0.493 e. The van der Waals surface area contributed by atoms with Crippen molar-refractivity contribution < 1.29 is 19.1 Å². The highest BCUT2D eigenvalue weighted by Crippen LogP contribution is 2.32. The average Bonchev–Trinajstić information content (AvgIpc) is 2.69. The van der Waals surface area contributed by atoms with Crippen LogP contribution in [0.4, 0.5) is 5.69 Å². The van der Waals surface area contributed by atoms with Crippen LogP contribution in [0.2, 0.25) is 0 Å². The lowest BCUT2D eigenvalue weighted by atomic mass is 10.1. The zero-order chi connectivity index (χ0) is 19.6. The van der Waals surface area contributed by atoms with Gasteiger partial charge in [-0.2, -0.15) is 0 Å². The quantitative estimate of drug-likeness (QED) is 0.833. The van der Waals surface area contributed by atoms with Crippen molar-refractivity contribution in [2.45, 2.75) is 19.9 Å². The molecular formula is C21H24N2O4. The van der Waals surface area contributed by atoms with Crippen LogP contribution in [0.15, 0.2) is 42.5 Å². The molecule has 0 spiro atoms. The second kappa shape index (κ2) is 7.70. The number of anilines is 1. The zero-order valence-electron chi connectivity index (χ0n) is 16.1. The van der Waals surface area contributed by atoms with Crippen LogP contribution in [0.25, 0.3) is 0 Å². The Morgan fingerprint density at radius 2 is 1.67 bits per heavy atom. The molecule has 0 aliphatic carbocycles. The molecule has 1 aliphatic heterocycles. The van der Waals surface area contributed by atoms with Crippen molar-refractivity contribution in [2.75, 3.05) is 32.2 Å². The molecule has 6 heteroatoms. The first-order valence-corrected chi connectivity index (χ1v) is 8.87. The zero-order valence-corrected chi connectivity index (χ0v) is 16.1. The predicted molar refractivity (Wildman–Crippen MR) is 104 cm³/mol. The Labute approximate surface area is 159 Å². The molecule has 0 N–H and O–H groups in total. The molecule has 27 heavy (non-hydrogen) atoms. The fourth-order valence-corrected chi connectivity index (χ4v) is 3.26. The first-order chi connectivity index (χ1) is 13.0. The van der Waals surface area contributed by atoms with Gasteiger partial charge in [-0.15, -0.1) is 0 Å². The number of hydrogen-bond donors (Lipinski definition) is 0. The van der Waals surface area contributed by atoms with E-state index in [0.717, 1.165) is 11.3 Å². The van der Waals surface area contributed by atoms with Crippen molar-refractivity contribution in [1.82, 2.24) is 4.90 Å². The van der Waals surface area contributed by atoms with Gasteiger partial charge < -0.3 is 19.3 Å². The van der Waals surface area contributed by atoms with Crippen LogP contribution in [-0.2, 0) is 4.79 Å². The molecule has 6 nitrogen and oxygen atoms in total. The molecular weight excluding hydrogens is 344 g/mol. The summed E-state index contributed by atoms with van der Waals surface area (Å²) < 4.78 is 10.6. The van der Waals surface area contributed by atoms with Crippen LogP contribution in [0.1, 0.15) is 22.8 Å². The Morgan fingerprint density at radius 3 is 2.30 bits per heavy atom. The topological polar surface area (TPSA) is 59.1 Å². The van der Waals surface area contributed by atoms with Crippen LogP contribution in [-0.4, -0.2) is 50.1 Å². The molecule has 1 atom stereocenters. The number of ether oxygens (including phenoxy) is 2. The van der Waals surface area contributed by atoms with Gasteiger partial charge in [-0.25, -0.2) is 0 Å². The fraction of sp³-hybridized carbons (Fsp3) is 0.333. The summed E-state index contributed by atoms with van der Waals surface area (Å²) in [6.07, 6.45) is 0. The lowest BCUT2D eigenvalue weighted by Gasteiger charge is -2.39. The molecule has 0 radical (unpaired) electrons. The molecule has 2 aromatic rings. The van der Waals surface area contributed by atoms with Crippen molar-refractivity contribution in [3.05, 3.63) is 53.6 Å². The van der Waals surface area contributed by atoms with Gasteiger partial charge >= 0.3 is 0 Å². The second-order valence-corrected chi connectivity index (χ2v) is 6.57. The van der Waals surface area contributed by atoms with Crippen molar-refractivity contribution in [2.24, 2.45) is 0 Å². The van der Waals surface area contributed by atoms with E-state index >= 15 is 0 Å². The number of carbonyl (C=O) groups excluding carboxylic acids is 2. The number of benzene rings is 2. The molecule has 1 aliphatic rings. The van der Waals surface area contributed by atoms with Crippen LogP contribution < -0.4 is 14.4 Å². The van der Waals surface area contributed by atoms with E-state index in [0.29, 0.717) is 30.2 Å². The van der Waals surface area contributed by atoms with Crippen LogP contribution in [0.5, 0.6) is 11.5 Å². The fourth-order valence-electron chi connectivity index (χ4n) is 3.26. The number of amides is 2. The largest absolute Gasteiger partial charge is 0.493 e. The smallest absolute Gasteiger partial charge is 0.254 e. The summed E-state index contributed by atoms with van der Waals surface area (Å²) in [5.41, 5.74) is 2.42. The molecule has 1 unspecified atom stereocenters. The number of hydrogen-bond acceptors (Lipinski definition) is 4. The first-order valence-electron chi connectivity index (χ1n) is 8.87. The van der Waals surface area contributed by atoms with Crippen LogP contribution in [0.3, 0.4) is 0 Å². The van der Waals surface area contributed by atoms with Gasteiger partial charge in [0.05, 0.1) is 14.2 Å². The summed E-state index contributed by atoms with van der Waals surface area (Å²) in [6, 6.07) is 12.2. The summed E-state index contributed by atoms with van der Waals surface area (Å²) >= 11 is 0. The third-order valence-electron chi connectivity index (χ3n) is 4.89.